The third kappa shape index (κ3) is 9.50. The predicted octanol–water partition coefficient (Wildman–Crippen LogP) is 5.06. The number of rotatable bonds is 14. The average molecular weight is 600 g/mol. The highest BCUT2D eigenvalue weighted by Gasteiger charge is 2.33. The number of hydrogen-bond acceptors (Lipinski definition) is 5. The molecule has 3 rings (SSSR count). The van der Waals surface area contributed by atoms with E-state index in [0.29, 0.717) is 35.1 Å². The highest BCUT2D eigenvalue weighted by atomic mass is 35.5. The SMILES string of the molecule is CCOc1ccc(N(CC(=O)N(Cc2cccc(Cl)c2)[C@H](Cc2ccccc2)C(=O)N[C@H](C)CC)S(C)(=O)=O)cc1. The van der Waals surface area contributed by atoms with E-state index in [1.807, 2.05) is 57.2 Å². The first-order valence-electron chi connectivity index (χ1n) is 13.6. The molecule has 41 heavy (non-hydrogen) atoms. The zero-order chi connectivity index (χ0) is 30.0. The molecular weight excluding hydrogens is 562 g/mol. The van der Waals surface area contributed by atoms with E-state index in [1.54, 1.807) is 42.5 Å². The number of amides is 2. The summed E-state index contributed by atoms with van der Waals surface area (Å²) in [5, 5.41) is 3.50. The molecule has 2 atom stereocenters. The van der Waals surface area contributed by atoms with E-state index < -0.39 is 28.5 Å². The van der Waals surface area contributed by atoms with Gasteiger partial charge in [-0.1, -0.05) is 61.0 Å². The molecule has 0 bridgehead atoms. The van der Waals surface area contributed by atoms with E-state index in [9.17, 15) is 18.0 Å². The average Bonchev–Trinajstić information content (AvgIpc) is 2.94. The molecule has 0 unspecified atom stereocenters. The lowest BCUT2D eigenvalue weighted by Crippen LogP contribution is -2.54. The molecule has 0 heterocycles. The van der Waals surface area contributed by atoms with Crippen molar-refractivity contribution in [3.8, 4) is 5.75 Å². The maximum Gasteiger partial charge on any atom is 0.244 e. The van der Waals surface area contributed by atoms with Crippen molar-refractivity contribution in [2.45, 2.75) is 52.2 Å². The number of halogens is 1. The minimum Gasteiger partial charge on any atom is -0.494 e. The highest BCUT2D eigenvalue weighted by molar-refractivity contribution is 7.92. The second-order valence-corrected chi connectivity index (χ2v) is 12.2. The van der Waals surface area contributed by atoms with Gasteiger partial charge in [0.15, 0.2) is 0 Å². The van der Waals surface area contributed by atoms with Gasteiger partial charge in [0.25, 0.3) is 0 Å². The summed E-state index contributed by atoms with van der Waals surface area (Å²) >= 11 is 6.25. The Labute approximate surface area is 248 Å². The van der Waals surface area contributed by atoms with E-state index in [4.69, 9.17) is 16.3 Å². The van der Waals surface area contributed by atoms with Crippen molar-refractivity contribution in [2.24, 2.45) is 0 Å². The summed E-state index contributed by atoms with van der Waals surface area (Å²) in [7, 11) is -3.86. The highest BCUT2D eigenvalue weighted by Crippen LogP contribution is 2.23. The quantitative estimate of drug-likeness (QED) is 0.279. The number of sulfonamides is 1. The number of benzene rings is 3. The van der Waals surface area contributed by atoms with Crippen LogP contribution in [0.5, 0.6) is 5.75 Å². The molecule has 2 amide bonds. The van der Waals surface area contributed by atoms with Crippen LogP contribution in [-0.4, -0.2) is 56.6 Å². The number of nitrogens with one attached hydrogen (secondary N) is 1. The molecule has 0 saturated heterocycles. The van der Waals surface area contributed by atoms with Crippen molar-refractivity contribution in [3.63, 3.8) is 0 Å². The summed E-state index contributed by atoms with van der Waals surface area (Å²) in [5.74, 6) is -0.252. The monoisotopic (exact) mass is 599 g/mol. The van der Waals surface area contributed by atoms with Crippen LogP contribution >= 0.6 is 11.6 Å². The molecule has 0 fully saturated rings. The molecule has 0 aliphatic rings. The van der Waals surface area contributed by atoms with Crippen LogP contribution < -0.4 is 14.4 Å². The summed E-state index contributed by atoms with van der Waals surface area (Å²) in [6.45, 7) is 5.76. The second kappa shape index (κ2) is 14.9. The van der Waals surface area contributed by atoms with Gasteiger partial charge in [0.05, 0.1) is 18.6 Å². The number of hydrogen-bond donors (Lipinski definition) is 1. The van der Waals surface area contributed by atoms with Crippen LogP contribution in [0, 0.1) is 0 Å². The third-order valence-electron chi connectivity index (χ3n) is 6.63. The first-order valence-corrected chi connectivity index (χ1v) is 15.8. The first kappa shape index (κ1) is 32.0. The van der Waals surface area contributed by atoms with Gasteiger partial charge in [0, 0.05) is 24.0 Å². The molecular formula is C31H38ClN3O5S. The van der Waals surface area contributed by atoms with Crippen molar-refractivity contribution in [1.82, 2.24) is 10.2 Å². The first-order chi connectivity index (χ1) is 19.5. The second-order valence-electron chi connectivity index (χ2n) is 9.87. The van der Waals surface area contributed by atoms with Crippen LogP contribution in [0.15, 0.2) is 78.9 Å². The smallest absolute Gasteiger partial charge is 0.244 e. The summed E-state index contributed by atoms with van der Waals surface area (Å²) in [6.07, 6.45) is 2.01. The number of ether oxygens (including phenoxy) is 1. The summed E-state index contributed by atoms with van der Waals surface area (Å²) < 4.78 is 32.3. The van der Waals surface area contributed by atoms with Gasteiger partial charge in [-0.15, -0.1) is 0 Å². The normalized spacial score (nSPS) is 12.7. The van der Waals surface area contributed by atoms with Gasteiger partial charge >= 0.3 is 0 Å². The summed E-state index contributed by atoms with van der Waals surface area (Å²) in [5.41, 5.74) is 1.90. The van der Waals surface area contributed by atoms with E-state index in [-0.39, 0.29) is 24.9 Å². The number of anilines is 1. The Kier molecular flexibility index (Phi) is 11.6. The number of carbonyl (C=O) groups is 2. The Bertz CT molecular complexity index is 1400. The van der Waals surface area contributed by atoms with E-state index >= 15 is 0 Å². The van der Waals surface area contributed by atoms with Crippen LogP contribution in [0.2, 0.25) is 5.02 Å². The van der Waals surface area contributed by atoms with Crippen LogP contribution in [0.4, 0.5) is 5.69 Å². The molecule has 220 valence electrons. The molecule has 10 heteroatoms. The molecule has 0 aliphatic carbocycles. The van der Waals surface area contributed by atoms with Gasteiger partial charge in [0.1, 0.15) is 18.3 Å². The van der Waals surface area contributed by atoms with Crippen LogP contribution in [0.1, 0.15) is 38.3 Å². The topological polar surface area (TPSA) is 96.0 Å². The molecule has 8 nitrogen and oxygen atoms in total. The van der Waals surface area contributed by atoms with Crippen molar-refractivity contribution >= 4 is 39.1 Å². The van der Waals surface area contributed by atoms with Crippen molar-refractivity contribution in [2.75, 3.05) is 23.7 Å². The Morgan fingerprint density at radius 3 is 2.20 bits per heavy atom. The number of nitrogens with zero attached hydrogens (tertiary/aromatic N) is 2. The molecule has 3 aromatic rings. The van der Waals surface area contributed by atoms with Crippen LogP contribution in [0.25, 0.3) is 0 Å². The molecule has 1 N–H and O–H groups in total. The standard InChI is InChI=1S/C31H38ClN3O5S/c1-5-23(3)33-31(37)29(20-24-11-8-7-9-12-24)34(21-25-13-10-14-26(32)19-25)30(36)22-35(41(4,38)39)27-15-17-28(18-16-27)40-6-2/h7-19,23,29H,5-6,20-22H2,1-4H3,(H,33,37)/t23-,29-/m1/s1. The van der Waals surface area contributed by atoms with Crippen molar-refractivity contribution < 1.29 is 22.7 Å². The summed E-state index contributed by atoms with van der Waals surface area (Å²) in [6, 6.07) is 22.0. The van der Waals surface area contributed by atoms with E-state index in [1.165, 1.54) is 4.90 Å². The maximum atomic E-state index is 14.1. The van der Waals surface area contributed by atoms with Crippen LogP contribution in [0.3, 0.4) is 0 Å². The molecule has 0 spiro atoms. The Morgan fingerprint density at radius 1 is 0.951 bits per heavy atom. The van der Waals surface area contributed by atoms with Crippen molar-refractivity contribution in [1.29, 1.82) is 0 Å². The largest absolute Gasteiger partial charge is 0.494 e. The van der Waals surface area contributed by atoms with Gasteiger partial charge in [-0.2, -0.15) is 0 Å². The lowest BCUT2D eigenvalue weighted by molar-refractivity contribution is -0.140. The predicted molar refractivity (Wildman–Crippen MR) is 164 cm³/mol. The number of carbonyl (C=O) groups excluding carboxylic acids is 2. The fourth-order valence-electron chi connectivity index (χ4n) is 4.32. The summed E-state index contributed by atoms with van der Waals surface area (Å²) in [4.78, 5) is 29.2. The van der Waals surface area contributed by atoms with E-state index in [0.717, 1.165) is 16.1 Å². The van der Waals surface area contributed by atoms with Gasteiger partial charge in [-0.25, -0.2) is 8.42 Å². The minimum absolute atomic E-state index is 0.0612. The van der Waals surface area contributed by atoms with Gasteiger partial charge in [-0.3, -0.25) is 13.9 Å². The van der Waals surface area contributed by atoms with Gasteiger partial charge in [0.2, 0.25) is 21.8 Å². The molecule has 3 aromatic carbocycles. The van der Waals surface area contributed by atoms with Gasteiger partial charge in [-0.05, 0) is 67.8 Å². The Balaban J connectivity index is 2.04. The maximum absolute atomic E-state index is 14.1. The molecule has 0 radical (unpaired) electrons. The zero-order valence-electron chi connectivity index (χ0n) is 23.9. The molecule has 0 aromatic heterocycles. The third-order valence-corrected chi connectivity index (χ3v) is 8.00. The van der Waals surface area contributed by atoms with Gasteiger partial charge < -0.3 is 15.0 Å². The minimum atomic E-state index is -3.86. The fourth-order valence-corrected chi connectivity index (χ4v) is 5.38. The van der Waals surface area contributed by atoms with Crippen molar-refractivity contribution in [3.05, 3.63) is 95.0 Å². The fraction of sp³-hybridized carbons (Fsp3) is 0.355. The van der Waals surface area contributed by atoms with E-state index in [2.05, 4.69) is 5.32 Å². The Morgan fingerprint density at radius 2 is 1.61 bits per heavy atom. The molecule has 0 aliphatic heterocycles. The Hall–Kier alpha value is -3.56. The van der Waals surface area contributed by atoms with Crippen LogP contribution in [-0.2, 0) is 32.6 Å². The lowest BCUT2D eigenvalue weighted by atomic mass is 10.0. The lowest BCUT2D eigenvalue weighted by Gasteiger charge is -2.34. The molecule has 0 saturated carbocycles. The zero-order valence-corrected chi connectivity index (χ0v) is 25.5.